The van der Waals surface area contributed by atoms with Crippen LogP contribution in [-0.2, 0) is 9.84 Å². The first-order valence-electron chi connectivity index (χ1n) is 7.30. The first-order valence-corrected chi connectivity index (χ1v) is 9.72. The standard InChI is InChI=1S/C14H15FN4O4S2/c15-9-2-1-3-10(6-9)25(22,23)11-7-16-4-5-19(11)13-12(14(20)18-21)24-8-17-13/h1-3,6,8,11,16,21H,4-5,7H2,(H,18,20). The molecule has 1 unspecified atom stereocenters. The van der Waals surface area contributed by atoms with Gasteiger partial charge < -0.3 is 10.2 Å². The van der Waals surface area contributed by atoms with Crippen LogP contribution in [0.2, 0.25) is 0 Å². The average Bonchev–Trinajstić information content (AvgIpc) is 3.10. The monoisotopic (exact) mass is 386 g/mol. The number of benzene rings is 1. The molecule has 134 valence electrons. The number of thiazole rings is 1. The van der Waals surface area contributed by atoms with Crippen LogP contribution in [0.15, 0.2) is 34.7 Å². The van der Waals surface area contributed by atoms with Crippen LogP contribution in [0.5, 0.6) is 0 Å². The van der Waals surface area contributed by atoms with Crippen molar-refractivity contribution in [3.8, 4) is 0 Å². The number of sulfone groups is 1. The molecule has 2 heterocycles. The molecule has 2 aromatic rings. The summed E-state index contributed by atoms with van der Waals surface area (Å²) in [7, 11) is -3.92. The lowest BCUT2D eigenvalue weighted by Gasteiger charge is -2.36. The Morgan fingerprint density at radius 1 is 1.48 bits per heavy atom. The fourth-order valence-corrected chi connectivity index (χ4v) is 5.07. The summed E-state index contributed by atoms with van der Waals surface area (Å²) in [5.74, 6) is -1.24. The van der Waals surface area contributed by atoms with E-state index in [-0.39, 0.29) is 28.7 Å². The fraction of sp³-hybridized carbons (Fsp3) is 0.286. The molecule has 1 saturated heterocycles. The summed E-state index contributed by atoms with van der Waals surface area (Å²) in [6, 6.07) is 4.79. The number of carbonyl (C=O) groups is 1. The molecule has 3 rings (SSSR count). The van der Waals surface area contributed by atoms with Gasteiger partial charge in [0.25, 0.3) is 5.91 Å². The second-order valence-corrected chi connectivity index (χ2v) is 8.26. The molecule has 8 nitrogen and oxygen atoms in total. The van der Waals surface area contributed by atoms with Crippen molar-refractivity contribution in [3.05, 3.63) is 40.5 Å². The topological polar surface area (TPSA) is 112 Å². The van der Waals surface area contributed by atoms with Crippen molar-refractivity contribution >= 4 is 32.9 Å². The third kappa shape index (κ3) is 3.35. The van der Waals surface area contributed by atoms with Gasteiger partial charge >= 0.3 is 0 Å². The summed E-state index contributed by atoms with van der Waals surface area (Å²) >= 11 is 0.987. The van der Waals surface area contributed by atoms with Gasteiger partial charge in [-0.25, -0.2) is 23.3 Å². The van der Waals surface area contributed by atoms with Crippen LogP contribution in [0.25, 0.3) is 0 Å². The predicted molar refractivity (Wildman–Crippen MR) is 89.0 cm³/mol. The summed E-state index contributed by atoms with van der Waals surface area (Å²) in [5, 5.41) is 10.8. The van der Waals surface area contributed by atoms with Crippen molar-refractivity contribution in [3.63, 3.8) is 0 Å². The number of aromatic nitrogens is 1. The highest BCUT2D eigenvalue weighted by molar-refractivity contribution is 7.92. The lowest BCUT2D eigenvalue weighted by Crippen LogP contribution is -2.55. The van der Waals surface area contributed by atoms with Crippen molar-refractivity contribution < 1.29 is 22.8 Å². The van der Waals surface area contributed by atoms with E-state index in [2.05, 4.69) is 10.3 Å². The molecule has 1 aromatic carbocycles. The van der Waals surface area contributed by atoms with Gasteiger partial charge in [-0.1, -0.05) is 6.07 Å². The smallest absolute Gasteiger partial charge is 0.288 e. The van der Waals surface area contributed by atoms with Gasteiger partial charge in [-0.15, -0.1) is 11.3 Å². The predicted octanol–water partition coefficient (Wildman–Crippen LogP) is 0.611. The molecule has 11 heteroatoms. The van der Waals surface area contributed by atoms with Crippen molar-refractivity contribution in [2.75, 3.05) is 24.5 Å². The maximum Gasteiger partial charge on any atom is 0.288 e. The summed E-state index contributed by atoms with van der Waals surface area (Å²) in [6.45, 7) is 0.873. The number of amides is 1. The number of halogens is 1. The second kappa shape index (κ2) is 7.04. The zero-order valence-electron chi connectivity index (χ0n) is 12.8. The van der Waals surface area contributed by atoms with E-state index in [1.165, 1.54) is 34.1 Å². The minimum Gasteiger partial charge on any atom is -0.336 e. The SMILES string of the molecule is O=C(NO)c1scnc1N1CCNCC1S(=O)(=O)c1cccc(F)c1. The van der Waals surface area contributed by atoms with E-state index in [9.17, 15) is 17.6 Å². The molecule has 1 aliphatic heterocycles. The van der Waals surface area contributed by atoms with Gasteiger partial charge in [0.2, 0.25) is 9.84 Å². The van der Waals surface area contributed by atoms with Gasteiger partial charge in [0.1, 0.15) is 16.1 Å². The Hall–Kier alpha value is -2.08. The van der Waals surface area contributed by atoms with Crippen LogP contribution in [0.1, 0.15) is 9.67 Å². The Balaban J connectivity index is 2.02. The number of hydroxylamine groups is 1. The zero-order chi connectivity index (χ0) is 18.0. The molecule has 0 spiro atoms. The molecule has 25 heavy (non-hydrogen) atoms. The summed E-state index contributed by atoms with van der Waals surface area (Å²) in [4.78, 5) is 17.3. The Morgan fingerprint density at radius 2 is 2.28 bits per heavy atom. The van der Waals surface area contributed by atoms with E-state index in [0.29, 0.717) is 6.54 Å². The van der Waals surface area contributed by atoms with Crippen LogP contribution in [0, 0.1) is 5.82 Å². The third-order valence-corrected chi connectivity index (χ3v) is 6.67. The number of rotatable bonds is 4. The van der Waals surface area contributed by atoms with Crippen LogP contribution in [0.4, 0.5) is 10.2 Å². The lowest BCUT2D eigenvalue weighted by molar-refractivity contribution is 0.0711. The number of piperazine rings is 1. The van der Waals surface area contributed by atoms with Gasteiger partial charge in [0.05, 0.1) is 10.4 Å². The van der Waals surface area contributed by atoms with Crippen molar-refractivity contribution in [1.29, 1.82) is 0 Å². The maximum absolute atomic E-state index is 13.5. The average molecular weight is 386 g/mol. The second-order valence-electron chi connectivity index (χ2n) is 5.30. The Bertz CT molecular complexity index is 886. The highest BCUT2D eigenvalue weighted by Gasteiger charge is 2.37. The van der Waals surface area contributed by atoms with Crippen LogP contribution >= 0.6 is 11.3 Å². The van der Waals surface area contributed by atoms with Gasteiger partial charge in [0.15, 0.2) is 5.82 Å². The van der Waals surface area contributed by atoms with Crippen LogP contribution in [-0.4, -0.2) is 49.5 Å². The molecular weight excluding hydrogens is 371 g/mol. The van der Waals surface area contributed by atoms with E-state index < -0.39 is 26.9 Å². The number of carbonyl (C=O) groups excluding carboxylic acids is 1. The first kappa shape index (κ1) is 17.7. The summed E-state index contributed by atoms with van der Waals surface area (Å²) in [5.41, 5.74) is 2.93. The molecule has 3 N–H and O–H groups in total. The zero-order valence-corrected chi connectivity index (χ0v) is 14.5. The Labute approximate surface area is 147 Å². The highest BCUT2D eigenvalue weighted by atomic mass is 32.2. The quantitative estimate of drug-likeness (QED) is 0.521. The summed E-state index contributed by atoms with van der Waals surface area (Å²) < 4.78 is 39.4. The summed E-state index contributed by atoms with van der Waals surface area (Å²) in [6.07, 6.45) is 0. The van der Waals surface area contributed by atoms with E-state index in [1.54, 1.807) is 0 Å². The molecule has 1 fully saturated rings. The molecular formula is C14H15FN4O4S2. The minimum absolute atomic E-state index is 0.0938. The number of nitrogens with one attached hydrogen (secondary N) is 2. The molecule has 1 amide bonds. The lowest BCUT2D eigenvalue weighted by atomic mass is 10.3. The highest BCUT2D eigenvalue weighted by Crippen LogP contribution is 2.29. The Morgan fingerprint density at radius 3 is 3.00 bits per heavy atom. The van der Waals surface area contributed by atoms with Gasteiger partial charge in [0, 0.05) is 19.6 Å². The minimum atomic E-state index is -3.92. The number of nitrogens with zero attached hydrogens (tertiary/aromatic N) is 2. The van der Waals surface area contributed by atoms with Crippen LogP contribution < -0.4 is 15.7 Å². The van der Waals surface area contributed by atoms with Crippen molar-refractivity contribution in [2.24, 2.45) is 0 Å². The Kier molecular flexibility index (Phi) is 4.99. The molecule has 1 aromatic heterocycles. The molecule has 0 aliphatic carbocycles. The third-order valence-electron chi connectivity index (χ3n) is 3.81. The van der Waals surface area contributed by atoms with Crippen molar-refractivity contribution in [2.45, 2.75) is 10.3 Å². The molecule has 0 saturated carbocycles. The van der Waals surface area contributed by atoms with E-state index in [4.69, 9.17) is 5.21 Å². The fourth-order valence-electron chi connectivity index (χ4n) is 2.65. The van der Waals surface area contributed by atoms with Crippen LogP contribution in [0.3, 0.4) is 0 Å². The molecule has 1 atom stereocenters. The van der Waals surface area contributed by atoms with Crippen molar-refractivity contribution in [1.82, 2.24) is 15.8 Å². The van der Waals surface area contributed by atoms with E-state index >= 15 is 0 Å². The van der Waals surface area contributed by atoms with Gasteiger partial charge in [-0.3, -0.25) is 10.0 Å². The van der Waals surface area contributed by atoms with E-state index in [0.717, 1.165) is 17.4 Å². The largest absolute Gasteiger partial charge is 0.336 e. The van der Waals surface area contributed by atoms with Gasteiger partial charge in [-0.2, -0.15) is 0 Å². The maximum atomic E-state index is 13.5. The molecule has 0 bridgehead atoms. The first-order chi connectivity index (χ1) is 11.9. The normalized spacial score (nSPS) is 18.2. The number of hydrogen-bond donors (Lipinski definition) is 3. The van der Waals surface area contributed by atoms with E-state index in [1.807, 2.05) is 0 Å². The van der Waals surface area contributed by atoms with Gasteiger partial charge in [-0.05, 0) is 18.2 Å². The molecule has 0 radical (unpaired) electrons. The number of hydrogen-bond acceptors (Lipinski definition) is 8. The molecule has 1 aliphatic rings. The number of anilines is 1.